The standard InChI is InChI=1S/C15H19N3O3/c1-2-20-13-5-3-12(4-6-13)15-16-14(21-17-15)11-18-7-9-19-10-8-18/h3-6H,2,7-11H2,1H3. The summed E-state index contributed by atoms with van der Waals surface area (Å²) >= 11 is 0. The zero-order valence-corrected chi connectivity index (χ0v) is 12.1. The van der Waals surface area contributed by atoms with Crippen LogP contribution in [0.1, 0.15) is 12.8 Å². The zero-order valence-electron chi connectivity index (χ0n) is 12.1. The van der Waals surface area contributed by atoms with Crippen LogP contribution in [0.15, 0.2) is 28.8 Å². The van der Waals surface area contributed by atoms with E-state index in [-0.39, 0.29) is 0 Å². The molecule has 0 saturated carbocycles. The molecule has 3 rings (SSSR count). The van der Waals surface area contributed by atoms with Crippen molar-refractivity contribution >= 4 is 0 Å². The third-order valence-electron chi connectivity index (χ3n) is 3.35. The second kappa shape index (κ2) is 6.69. The Morgan fingerprint density at radius 2 is 1.95 bits per heavy atom. The Hall–Kier alpha value is -1.92. The smallest absolute Gasteiger partial charge is 0.241 e. The fraction of sp³-hybridized carbons (Fsp3) is 0.467. The van der Waals surface area contributed by atoms with Crippen LogP contribution in [-0.4, -0.2) is 48.0 Å². The van der Waals surface area contributed by atoms with Gasteiger partial charge in [-0.2, -0.15) is 4.98 Å². The van der Waals surface area contributed by atoms with Gasteiger partial charge in [0.05, 0.1) is 26.4 Å². The normalized spacial score (nSPS) is 16.0. The number of hydrogen-bond donors (Lipinski definition) is 0. The molecule has 0 spiro atoms. The molecule has 2 heterocycles. The first kappa shape index (κ1) is 14.0. The maximum absolute atomic E-state index is 5.42. The SMILES string of the molecule is CCOc1ccc(-c2noc(CN3CCOCC3)n2)cc1. The van der Waals surface area contributed by atoms with E-state index >= 15 is 0 Å². The number of ether oxygens (including phenoxy) is 2. The lowest BCUT2D eigenvalue weighted by Crippen LogP contribution is -2.35. The fourth-order valence-electron chi connectivity index (χ4n) is 2.25. The van der Waals surface area contributed by atoms with Crippen molar-refractivity contribution in [1.82, 2.24) is 15.0 Å². The Bertz CT molecular complexity index is 562. The van der Waals surface area contributed by atoms with Crippen LogP contribution >= 0.6 is 0 Å². The molecule has 0 N–H and O–H groups in total. The number of rotatable bonds is 5. The molecule has 0 radical (unpaired) electrons. The Kier molecular flexibility index (Phi) is 4.47. The topological polar surface area (TPSA) is 60.6 Å². The van der Waals surface area contributed by atoms with Gasteiger partial charge in [0.25, 0.3) is 0 Å². The molecule has 0 amide bonds. The average molecular weight is 289 g/mol. The first-order chi connectivity index (χ1) is 10.3. The van der Waals surface area contributed by atoms with Crippen molar-refractivity contribution in [2.45, 2.75) is 13.5 Å². The van der Waals surface area contributed by atoms with E-state index in [9.17, 15) is 0 Å². The second-order valence-corrected chi connectivity index (χ2v) is 4.86. The van der Waals surface area contributed by atoms with E-state index < -0.39 is 0 Å². The van der Waals surface area contributed by atoms with E-state index in [2.05, 4.69) is 15.0 Å². The van der Waals surface area contributed by atoms with E-state index in [1.54, 1.807) is 0 Å². The lowest BCUT2D eigenvalue weighted by molar-refractivity contribution is 0.0297. The van der Waals surface area contributed by atoms with Crippen LogP contribution in [0.5, 0.6) is 5.75 Å². The minimum Gasteiger partial charge on any atom is -0.494 e. The molecule has 0 aliphatic carbocycles. The average Bonchev–Trinajstić information content (AvgIpc) is 2.98. The van der Waals surface area contributed by atoms with Gasteiger partial charge in [0, 0.05) is 18.7 Å². The highest BCUT2D eigenvalue weighted by atomic mass is 16.5. The Balaban J connectivity index is 1.66. The predicted octanol–water partition coefficient (Wildman–Crippen LogP) is 1.97. The molecule has 0 atom stereocenters. The van der Waals surface area contributed by atoms with E-state index in [1.165, 1.54) is 0 Å². The maximum atomic E-state index is 5.42. The summed E-state index contributed by atoms with van der Waals surface area (Å²) in [5.41, 5.74) is 0.926. The summed E-state index contributed by atoms with van der Waals surface area (Å²) in [5, 5.41) is 4.04. The number of morpholine rings is 1. The summed E-state index contributed by atoms with van der Waals surface area (Å²) in [6, 6.07) is 7.70. The molecular weight excluding hydrogens is 270 g/mol. The Labute approximate surface area is 123 Å². The molecule has 6 nitrogen and oxygen atoms in total. The van der Waals surface area contributed by atoms with Crippen LogP contribution in [0.3, 0.4) is 0 Å². The molecule has 112 valence electrons. The molecule has 2 aromatic rings. The highest BCUT2D eigenvalue weighted by Crippen LogP contribution is 2.20. The molecule has 21 heavy (non-hydrogen) atoms. The highest BCUT2D eigenvalue weighted by Gasteiger charge is 2.15. The van der Waals surface area contributed by atoms with Crippen LogP contribution in [0.2, 0.25) is 0 Å². The first-order valence-corrected chi connectivity index (χ1v) is 7.21. The predicted molar refractivity (Wildman–Crippen MR) is 77.0 cm³/mol. The van der Waals surface area contributed by atoms with Crippen molar-refractivity contribution in [3.05, 3.63) is 30.2 Å². The van der Waals surface area contributed by atoms with E-state index in [4.69, 9.17) is 14.0 Å². The third kappa shape index (κ3) is 3.59. The van der Waals surface area contributed by atoms with Gasteiger partial charge in [0.2, 0.25) is 11.7 Å². The van der Waals surface area contributed by atoms with E-state index in [0.717, 1.165) is 37.6 Å². The van der Waals surface area contributed by atoms with Crippen molar-refractivity contribution in [2.75, 3.05) is 32.9 Å². The quantitative estimate of drug-likeness (QED) is 0.838. The van der Waals surface area contributed by atoms with Crippen LogP contribution in [0, 0.1) is 0 Å². The molecular formula is C15H19N3O3. The molecule has 1 aliphatic heterocycles. The number of aromatic nitrogens is 2. The van der Waals surface area contributed by atoms with Gasteiger partial charge in [-0.25, -0.2) is 0 Å². The van der Waals surface area contributed by atoms with Gasteiger partial charge in [-0.05, 0) is 31.2 Å². The number of hydrogen-bond acceptors (Lipinski definition) is 6. The lowest BCUT2D eigenvalue weighted by atomic mass is 10.2. The van der Waals surface area contributed by atoms with Gasteiger partial charge >= 0.3 is 0 Å². The molecule has 0 bridgehead atoms. The van der Waals surface area contributed by atoms with Gasteiger partial charge in [0.15, 0.2) is 0 Å². The Morgan fingerprint density at radius 1 is 1.19 bits per heavy atom. The maximum Gasteiger partial charge on any atom is 0.241 e. The summed E-state index contributed by atoms with van der Waals surface area (Å²) < 4.78 is 16.1. The molecule has 1 aliphatic rings. The molecule has 1 saturated heterocycles. The first-order valence-electron chi connectivity index (χ1n) is 7.21. The van der Waals surface area contributed by atoms with Gasteiger partial charge in [-0.15, -0.1) is 0 Å². The van der Waals surface area contributed by atoms with Gasteiger partial charge in [0.1, 0.15) is 5.75 Å². The van der Waals surface area contributed by atoms with E-state index in [0.29, 0.717) is 24.9 Å². The van der Waals surface area contributed by atoms with Crippen molar-refractivity contribution in [2.24, 2.45) is 0 Å². The van der Waals surface area contributed by atoms with Gasteiger partial charge in [-0.1, -0.05) is 5.16 Å². The summed E-state index contributed by atoms with van der Waals surface area (Å²) in [6.45, 7) is 6.63. The molecule has 6 heteroatoms. The molecule has 1 aromatic carbocycles. The van der Waals surface area contributed by atoms with Gasteiger partial charge in [-0.3, -0.25) is 4.90 Å². The monoisotopic (exact) mass is 289 g/mol. The lowest BCUT2D eigenvalue weighted by Gasteiger charge is -2.24. The molecule has 1 aromatic heterocycles. The van der Waals surface area contributed by atoms with Crippen molar-refractivity contribution < 1.29 is 14.0 Å². The largest absolute Gasteiger partial charge is 0.494 e. The minimum absolute atomic E-state index is 0.612. The number of benzene rings is 1. The van der Waals surface area contributed by atoms with Gasteiger partial charge < -0.3 is 14.0 Å². The zero-order chi connectivity index (χ0) is 14.5. The van der Waals surface area contributed by atoms with E-state index in [1.807, 2.05) is 31.2 Å². The third-order valence-corrected chi connectivity index (χ3v) is 3.35. The molecule has 0 unspecified atom stereocenters. The van der Waals surface area contributed by atoms with Crippen molar-refractivity contribution in [3.8, 4) is 17.1 Å². The van der Waals surface area contributed by atoms with Crippen molar-refractivity contribution in [3.63, 3.8) is 0 Å². The summed E-state index contributed by atoms with van der Waals surface area (Å²) in [4.78, 5) is 6.70. The van der Waals surface area contributed by atoms with Crippen molar-refractivity contribution in [1.29, 1.82) is 0 Å². The summed E-state index contributed by atoms with van der Waals surface area (Å²) in [5.74, 6) is 2.10. The highest BCUT2D eigenvalue weighted by molar-refractivity contribution is 5.55. The molecule has 1 fully saturated rings. The van der Waals surface area contributed by atoms with Crippen LogP contribution < -0.4 is 4.74 Å². The Morgan fingerprint density at radius 3 is 2.67 bits per heavy atom. The van der Waals surface area contributed by atoms with Crippen LogP contribution in [0.4, 0.5) is 0 Å². The summed E-state index contributed by atoms with van der Waals surface area (Å²) in [6.07, 6.45) is 0. The minimum atomic E-state index is 0.612. The summed E-state index contributed by atoms with van der Waals surface area (Å²) in [7, 11) is 0. The van der Waals surface area contributed by atoms with Crippen LogP contribution in [-0.2, 0) is 11.3 Å². The second-order valence-electron chi connectivity index (χ2n) is 4.86. The van der Waals surface area contributed by atoms with Crippen LogP contribution in [0.25, 0.3) is 11.4 Å². The fourth-order valence-corrected chi connectivity index (χ4v) is 2.25. The number of nitrogens with zero attached hydrogens (tertiary/aromatic N) is 3.